The second-order valence-electron chi connectivity index (χ2n) is 4.75. The number of thioether (sulfide) groups is 1. The Hall–Kier alpha value is -0.180. The molecule has 94 valence electrons. The highest BCUT2D eigenvalue weighted by atomic mass is 35.5. The summed E-state index contributed by atoms with van der Waals surface area (Å²) >= 11 is 8.01. The normalized spacial score (nSPS) is 19.2. The van der Waals surface area contributed by atoms with Crippen LogP contribution in [0.1, 0.15) is 43.7 Å². The first-order valence-electron chi connectivity index (χ1n) is 6.38. The maximum absolute atomic E-state index is 6.20. The van der Waals surface area contributed by atoms with Crippen LogP contribution in [0.5, 0.6) is 0 Å². The highest BCUT2D eigenvalue weighted by molar-refractivity contribution is 7.99. The number of hydrogen-bond acceptors (Lipinski definition) is 2. The van der Waals surface area contributed by atoms with Crippen LogP contribution < -0.4 is 5.73 Å². The van der Waals surface area contributed by atoms with E-state index in [-0.39, 0.29) is 6.04 Å². The maximum atomic E-state index is 6.20. The summed E-state index contributed by atoms with van der Waals surface area (Å²) in [6.07, 6.45) is 6.94. The molecule has 1 nitrogen and oxygen atoms in total. The van der Waals surface area contributed by atoms with E-state index in [1.54, 1.807) is 0 Å². The smallest absolute Gasteiger partial charge is 0.0409 e. The summed E-state index contributed by atoms with van der Waals surface area (Å²) in [4.78, 5) is 0. The molecule has 3 heteroatoms. The van der Waals surface area contributed by atoms with E-state index < -0.39 is 0 Å². The summed E-state index contributed by atoms with van der Waals surface area (Å²) in [5.74, 6) is 1.00. The average molecular weight is 270 g/mol. The predicted molar refractivity (Wildman–Crippen MR) is 77.7 cm³/mol. The number of nitrogens with two attached hydrogens (primary N) is 1. The van der Waals surface area contributed by atoms with Crippen LogP contribution in [0.4, 0.5) is 0 Å². The Bertz CT molecular complexity index is 350. The van der Waals surface area contributed by atoms with Gasteiger partial charge in [-0.25, -0.2) is 0 Å². The van der Waals surface area contributed by atoms with Crippen molar-refractivity contribution in [1.82, 2.24) is 0 Å². The Kier molecular flexibility index (Phi) is 5.20. The van der Waals surface area contributed by atoms with Gasteiger partial charge >= 0.3 is 0 Å². The molecule has 0 heterocycles. The van der Waals surface area contributed by atoms with Crippen LogP contribution in [-0.2, 0) is 0 Å². The zero-order valence-electron chi connectivity index (χ0n) is 10.1. The number of halogens is 1. The maximum Gasteiger partial charge on any atom is 0.0409 e. The lowest BCUT2D eigenvalue weighted by atomic mass is 10.0. The molecule has 17 heavy (non-hydrogen) atoms. The molecule has 2 N–H and O–H groups in total. The Labute approximate surface area is 113 Å². The van der Waals surface area contributed by atoms with E-state index in [1.165, 1.54) is 32.1 Å². The van der Waals surface area contributed by atoms with E-state index in [2.05, 4.69) is 6.07 Å². The molecule has 1 aliphatic rings. The van der Waals surface area contributed by atoms with Crippen molar-refractivity contribution in [3.05, 3.63) is 34.9 Å². The molecule has 0 amide bonds. The molecule has 0 saturated heterocycles. The van der Waals surface area contributed by atoms with E-state index >= 15 is 0 Å². The van der Waals surface area contributed by atoms with E-state index in [4.69, 9.17) is 17.3 Å². The Morgan fingerprint density at radius 1 is 1.29 bits per heavy atom. The molecule has 1 unspecified atom stereocenters. The summed E-state index contributed by atoms with van der Waals surface area (Å²) in [6, 6.07) is 8.03. The minimum atomic E-state index is 0.112. The van der Waals surface area contributed by atoms with Crippen LogP contribution in [-0.4, -0.2) is 11.0 Å². The highest BCUT2D eigenvalue weighted by Gasteiger charge is 2.15. The van der Waals surface area contributed by atoms with Gasteiger partial charge in [0.1, 0.15) is 0 Å². The molecule has 0 spiro atoms. The molecular formula is C14H20ClNS. The fourth-order valence-electron chi connectivity index (χ4n) is 2.31. The van der Waals surface area contributed by atoms with E-state index in [0.717, 1.165) is 21.6 Å². The van der Waals surface area contributed by atoms with Crippen LogP contribution >= 0.6 is 23.4 Å². The van der Waals surface area contributed by atoms with Crippen molar-refractivity contribution in [3.63, 3.8) is 0 Å². The van der Waals surface area contributed by atoms with Gasteiger partial charge < -0.3 is 5.73 Å². The van der Waals surface area contributed by atoms with Crippen LogP contribution in [0.25, 0.3) is 0 Å². The molecule has 2 rings (SSSR count). The Morgan fingerprint density at radius 3 is 2.76 bits per heavy atom. The van der Waals surface area contributed by atoms with E-state index in [9.17, 15) is 0 Å². The van der Waals surface area contributed by atoms with Crippen LogP contribution in [0.3, 0.4) is 0 Å². The largest absolute Gasteiger partial charge is 0.323 e. The molecule has 0 bridgehead atoms. The lowest BCUT2D eigenvalue weighted by Crippen LogP contribution is -2.16. The van der Waals surface area contributed by atoms with Gasteiger partial charge in [0.15, 0.2) is 0 Å². The Balaban J connectivity index is 1.82. The van der Waals surface area contributed by atoms with Gasteiger partial charge in [-0.1, -0.05) is 43.0 Å². The van der Waals surface area contributed by atoms with Gasteiger partial charge in [0.25, 0.3) is 0 Å². The van der Waals surface area contributed by atoms with Crippen molar-refractivity contribution >= 4 is 23.4 Å². The molecule has 0 aromatic heterocycles. The summed E-state index contributed by atoms with van der Waals surface area (Å²) in [6.45, 7) is 0. The Morgan fingerprint density at radius 2 is 2.06 bits per heavy atom. The predicted octanol–water partition coefficient (Wildman–Crippen LogP) is 4.41. The van der Waals surface area contributed by atoms with Gasteiger partial charge in [-0.2, -0.15) is 11.8 Å². The van der Waals surface area contributed by atoms with Gasteiger partial charge in [0.2, 0.25) is 0 Å². The lowest BCUT2D eigenvalue weighted by molar-refractivity contribution is 0.515. The van der Waals surface area contributed by atoms with Crippen molar-refractivity contribution in [2.24, 2.45) is 5.73 Å². The molecule has 1 saturated carbocycles. The number of rotatable bonds is 4. The quantitative estimate of drug-likeness (QED) is 0.876. The second kappa shape index (κ2) is 6.67. The van der Waals surface area contributed by atoms with Gasteiger partial charge in [0.05, 0.1) is 0 Å². The van der Waals surface area contributed by atoms with E-state index in [0.29, 0.717) is 0 Å². The van der Waals surface area contributed by atoms with Crippen molar-refractivity contribution in [2.75, 3.05) is 5.75 Å². The standard InChI is InChI=1S/C14H20ClNS/c15-12-6-4-5-11(9-12)14(16)10-17-13-7-2-1-3-8-13/h4-6,9,13-14H,1-3,7-8,10,16H2. The first-order chi connectivity index (χ1) is 8.25. The van der Waals surface area contributed by atoms with Crippen molar-refractivity contribution in [2.45, 2.75) is 43.4 Å². The lowest BCUT2D eigenvalue weighted by Gasteiger charge is -2.22. The summed E-state index contributed by atoms with van der Waals surface area (Å²) < 4.78 is 0. The van der Waals surface area contributed by atoms with Crippen LogP contribution in [0, 0.1) is 0 Å². The zero-order valence-corrected chi connectivity index (χ0v) is 11.6. The average Bonchev–Trinajstić information content (AvgIpc) is 2.37. The summed E-state index contributed by atoms with van der Waals surface area (Å²) in [5, 5.41) is 1.61. The van der Waals surface area contributed by atoms with Crippen molar-refractivity contribution in [1.29, 1.82) is 0 Å². The fraction of sp³-hybridized carbons (Fsp3) is 0.571. The molecule has 1 atom stereocenters. The van der Waals surface area contributed by atoms with Crippen LogP contribution in [0.15, 0.2) is 24.3 Å². The topological polar surface area (TPSA) is 26.0 Å². The van der Waals surface area contributed by atoms with Crippen molar-refractivity contribution in [3.8, 4) is 0 Å². The molecule has 1 aromatic carbocycles. The molecule has 0 radical (unpaired) electrons. The first-order valence-corrected chi connectivity index (χ1v) is 7.81. The van der Waals surface area contributed by atoms with Crippen LogP contribution in [0.2, 0.25) is 5.02 Å². The summed E-state index contributed by atoms with van der Waals surface area (Å²) in [5.41, 5.74) is 7.36. The van der Waals surface area contributed by atoms with Gasteiger partial charge in [-0.15, -0.1) is 0 Å². The number of benzene rings is 1. The summed E-state index contributed by atoms with van der Waals surface area (Å²) in [7, 11) is 0. The van der Waals surface area contributed by atoms with E-state index in [1.807, 2.05) is 30.0 Å². The monoisotopic (exact) mass is 269 g/mol. The molecule has 1 aromatic rings. The third-order valence-electron chi connectivity index (χ3n) is 3.34. The van der Waals surface area contributed by atoms with Gasteiger partial charge in [-0.3, -0.25) is 0 Å². The minimum Gasteiger partial charge on any atom is -0.323 e. The molecule has 1 fully saturated rings. The third kappa shape index (κ3) is 4.20. The molecule has 0 aliphatic heterocycles. The fourth-order valence-corrected chi connectivity index (χ4v) is 3.84. The molecule has 1 aliphatic carbocycles. The SMILES string of the molecule is NC(CSC1CCCCC1)c1cccc(Cl)c1. The third-order valence-corrected chi connectivity index (χ3v) is 5.07. The first kappa shape index (κ1) is 13.3. The molecular weight excluding hydrogens is 250 g/mol. The zero-order chi connectivity index (χ0) is 12.1. The second-order valence-corrected chi connectivity index (χ2v) is 6.52. The van der Waals surface area contributed by atoms with Gasteiger partial charge in [0, 0.05) is 22.1 Å². The van der Waals surface area contributed by atoms with Crippen molar-refractivity contribution < 1.29 is 0 Å². The minimum absolute atomic E-state index is 0.112. The highest BCUT2D eigenvalue weighted by Crippen LogP contribution is 2.30. The van der Waals surface area contributed by atoms with Gasteiger partial charge in [-0.05, 0) is 30.5 Å². The number of hydrogen-bond donors (Lipinski definition) is 1.